The summed E-state index contributed by atoms with van der Waals surface area (Å²) in [5.74, 6) is 1.35. The fourth-order valence-electron chi connectivity index (χ4n) is 2.71. The van der Waals surface area contributed by atoms with E-state index in [1.165, 1.54) is 0 Å². The molecule has 0 radical (unpaired) electrons. The highest BCUT2D eigenvalue weighted by atomic mass is 35.5. The van der Waals surface area contributed by atoms with Crippen molar-refractivity contribution in [2.45, 2.75) is 19.7 Å². The lowest BCUT2D eigenvalue weighted by atomic mass is 10.2. The molecule has 3 aromatic rings. The Bertz CT molecular complexity index is 947. The summed E-state index contributed by atoms with van der Waals surface area (Å²) in [7, 11) is 1.63. The molecule has 0 aliphatic heterocycles. The van der Waals surface area contributed by atoms with Crippen molar-refractivity contribution >= 4 is 34.8 Å². The zero-order chi connectivity index (χ0) is 19.9. The topological polar surface area (TPSA) is 30.5 Å². The highest BCUT2D eigenvalue weighted by molar-refractivity contribution is 6.42. The third-order valence-electron chi connectivity index (χ3n) is 4.21. The average Bonchev–Trinajstić information content (AvgIpc) is 2.70. The van der Waals surface area contributed by atoms with Crippen molar-refractivity contribution in [3.05, 3.63) is 92.4 Å². The summed E-state index contributed by atoms with van der Waals surface area (Å²) < 4.78 is 11.4. The van der Waals surface area contributed by atoms with Gasteiger partial charge in [-0.15, -0.1) is 0 Å². The van der Waals surface area contributed by atoms with E-state index < -0.39 is 0 Å². The Morgan fingerprint density at radius 2 is 1.54 bits per heavy atom. The lowest BCUT2D eigenvalue weighted by Gasteiger charge is -2.13. The van der Waals surface area contributed by atoms with Gasteiger partial charge in [0.1, 0.15) is 6.61 Å². The molecule has 0 aromatic heterocycles. The van der Waals surface area contributed by atoms with Crippen LogP contribution >= 0.6 is 34.8 Å². The molecule has 0 fully saturated rings. The summed E-state index contributed by atoms with van der Waals surface area (Å²) in [6.45, 7) is 1.75. The van der Waals surface area contributed by atoms with E-state index in [1.54, 1.807) is 19.2 Å². The lowest BCUT2D eigenvalue weighted by Crippen LogP contribution is -2.13. The zero-order valence-corrected chi connectivity index (χ0v) is 17.6. The molecule has 1 N–H and O–H groups in total. The minimum absolute atomic E-state index is 0.372. The van der Waals surface area contributed by atoms with Crippen molar-refractivity contribution in [2.75, 3.05) is 7.11 Å². The molecule has 0 aliphatic carbocycles. The van der Waals surface area contributed by atoms with E-state index >= 15 is 0 Å². The van der Waals surface area contributed by atoms with Gasteiger partial charge >= 0.3 is 0 Å². The van der Waals surface area contributed by atoms with E-state index in [0.717, 1.165) is 21.7 Å². The van der Waals surface area contributed by atoms with Crippen molar-refractivity contribution in [3.63, 3.8) is 0 Å². The number of methoxy groups -OCH3 is 1. The Hall–Kier alpha value is -1.91. The summed E-state index contributed by atoms with van der Waals surface area (Å²) in [6, 6.07) is 19.1. The SMILES string of the molecule is COc1cc(CNCc2ccccc2Cl)ccc1OCc1ccc(Cl)c(Cl)c1. The molecular formula is C22H20Cl3NO2. The molecule has 0 heterocycles. The van der Waals surface area contributed by atoms with Gasteiger partial charge in [0.25, 0.3) is 0 Å². The molecule has 0 unspecified atom stereocenters. The van der Waals surface area contributed by atoms with Gasteiger partial charge in [0, 0.05) is 18.1 Å². The van der Waals surface area contributed by atoms with Crippen LogP contribution < -0.4 is 14.8 Å². The minimum atomic E-state index is 0.372. The molecule has 0 bridgehead atoms. The van der Waals surface area contributed by atoms with Crippen LogP contribution in [0.25, 0.3) is 0 Å². The molecule has 146 valence electrons. The van der Waals surface area contributed by atoms with Crippen molar-refractivity contribution in [1.82, 2.24) is 5.32 Å². The van der Waals surface area contributed by atoms with E-state index in [1.807, 2.05) is 48.5 Å². The van der Waals surface area contributed by atoms with Crippen LogP contribution in [0, 0.1) is 0 Å². The van der Waals surface area contributed by atoms with Crippen molar-refractivity contribution in [3.8, 4) is 11.5 Å². The van der Waals surface area contributed by atoms with Gasteiger partial charge in [0.15, 0.2) is 11.5 Å². The predicted molar refractivity (Wildman–Crippen MR) is 116 cm³/mol. The van der Waals surface area contributed by atoms with Crippen LogP contribution in [0.3, 0.4) is 0 Å². The van der Waals surface area contributed by atoms with E-state index in [0.29, 0.717) is 41.2 Å². The molecule has 0 saturated carbocycles. The molecule has 3 aromatic carbocycles. The molecule has 0 saturated heterocycles. The maximum absolute atomic E-state index is 6.19. The Morgan fingerprint density at radius 1 is 0.750 bits per heavy atom. The van der Waals surface area contributed by atoms with Crippen molar-refractivity contribution in [1.29, 1.82) is 0 Å². The molecule has 6 heteroatoms. The van der Waals surface area contributed by atoms with Gasteiger partial charge in [0.05, 0.1) is 17.2 Å². The maximum Gasteiger partial charge on any atom is 0.161 e. The number of ether oxygens (including phenoxy) is 2. The van der Waals surface area contributed by atoms with E-state index in [2.05, 4.69) is 5.32 Å². The Morgan fingerprint density at radius 3 is 2.29 bits per heavy atom. The van der Waals surface area contributed by atoms with Gasteiger partial charge in [-0.05, 0) is 47.0 Å². The molecule has 0 spiro atoms. The number of halogens is 3. The third-order valence-corrected chi connectivity index (χ3v) is 5.32. The molecule has 0 amide bonds. The minimum Gasteiger partial charge on any atom is -0.493 e. The summed E-state index contributed by atoms with van der Waals surface area (Å²) in [6.07, 6.45) is 0. The fraction of sp³-hybridized carbons (Fsp3) is 0.182. The second-order valence-corrected chi connectivity index (χ2v) is 7.44. The second kappa shape index (κ2) is 10.0. The van der Waals surface area contributed by atoms with Crippen LogP contribution in [0.1, 0.15) is 16.7 Å². The van der Waals surface area contributed by atoms with Crippen LogP contribution in [0.4, 0.5) is 0 Å². The van der Waals surface area contributed by atoms with Crippen LogP contribution in [-0.2, 0) is 19.7 Å². The maximum atomic E-state index is 6.19. The van der Waals surface area contributed by atoms with Crippen LogP contribution in [0.2, 0.25) is 15.1 Å². The summed E-state index contributed by atoms with van der Waals surface area (Å²) in [5.41, 5.74) is 3.09. The first kappa shape index (κ1) is 20.8. The smallest absolute Gasteiger partial charge is 0.161 e. The average molecular weight is 437 g/mol. The fourth-order valence-corrected chi connectivity index (χ4v) is 3.24. The van der Waals surface area contributed by atoms with Gasteiger partial charge in [-0.25, -0.2) is 0 Å². The Kier molecular flexibility index (Phi) is 7.46. The second-order valence-electron chi connectivity index (χ2n) is 6.22. The standard InChI is InChI=1S/C22H20Cl3NO2/c1-27-22-11-15(12-26-13-17-4-2-3-5-18(17)23)7-9-21(22)28-14-16-6-8-19(24)20(25)10-16/h2-11,26H,12-14H2,1H3. The van der Waals surface area contributed by atoms with Gasteiger partial charge < -0.3 is 14.8 Å². The van der Waals surface area contributed by atoms with Crippen molar-refractivity contribution in [2.24, 2.45) is 0 Å². The Balaban J connectivity index is 1.60. The number of rotatable bonds is 8. The summed E-state index contributed by atoms with van der Waals surface area (Å²) in [4.78, 5) is 0. The highest BCUT2D eigenvalue weighted by Gasteiger charge is 2.08. The van der Waals surface area contributed by atoms with Gasteiger partial charge in [0.2, 0.25) is 0 Å². The van der Waals surface area contributed by atoms with E-state index in [4.69, 9.17) is 44.3 Å². The lowest BCUT2D eigenvalue weighted by molar-refractivity contribution is 0.284. The van der Waals surface area contributed by atoms with Crippen molar-refractivity contribution < 1.29 is 9.47 Å². The third kappa shape index (κ3) is 5.55. The Labute approximate surface area is 180 Å². The van der Waals surface area contributed by atoms with E-state index in [9.17, 15) is 0 Å². The largest absolute Gasteiger partial charge is 0.493 e. The van der Waals surface area contributed by atoms with Gasteiger partial charge in [-0.1, -0.05) is 65.1 Å². The van der Waals surface area contributed by atoms with Crippen LogP contribution in [-0.4, -0.2) is 7.11 Å². The number of hydrogen-bond acceptors (Lipinski definition) is 3. The first-order chi connectivity index (χ1) is 13.6. The highest BCUT2D eigenvalue weighted by Crippen LogP contribution is 2.30. The number of hydrogen-bond donors (Lipinski definition) is 1. The van der Waals surface area contributed by atoms with E-state index in [-0.39, 0.29) is 0 Å². The summed E-state index contributed by atoms with van der Waals surface area (Å²) in [5, 5.41) is 5.19. The first-order valence-corrected chi connectivity index (χ1v) is 9.88. The quantitative estimate of drug-likeness (QED) is 0.436. The molecule has 0 aliphatic rings. The molecule has 28 heavy (non-hydrogen) atoms. The van der Waals surface area contributed by atoms with Gasteiger partial charge in [-0.3, -0.25) is 0 Å². The number of nitrogens with one attached hydrogen (secondary N) is 1. The number of benzene rings is 3. The molecule has 3 nitrogen and oxygen atoms in total. The molecule has 3 rings (SSSR count). The summed E-state index contributed by atoms with van der Waals surface area (Å²) >= 11 is 18.2. The molecule has 0 atom stereocenters. The normalized spacial score (nSPS) is 10.7. The monoisotopic (exact) mass is 435 g/mol. The first-order valence-electron chi connectivity index (χ1n) is 8.74. The van der Waals surface area contributed by atoms with Gasteiger partial charge in [-0.2, -0.15) is 0 Å². The van der Waals surface area contributed by atoms with Crippen LogP contribution in [0.15, 0.2) is 60.7 Å². The predicted octanol–water partition coefficient (Wildman–Crippen LogP) is 6.52. The molecular weight excluding hydrogens is 417 g/mol. The zero-order valence-electron chi connectivity index (χ0n) is 15.3. The van der Waals surface area contributed by atoms with Crippen LogP contribution in [0.5, 0.6) is 11.5 Å².